The zero-order valence-electron chi connectivity index (χ0n) is 15.5. The van der Waals surface area contributed by atoms with Gasteiger partial charge in [0.05, 0.1) is 13.2 Å². The summed E-state index contributed by atoms with van der Waals surface area (Å²) in [5.74, 6) is -1.68. The Morgan fingerprint density at radius 3 is 2.19 bits per heavy atom. The number of carboxylic acid groups (broad SMARTS) is 1. The van der Waals surface area contributed by atoms with Crippen LogP contribution in [-0.4, -0.2) is 48.1 Å². The maximum absolute atomic E-state index is 11.2. The maximum atomic E-state index is 11.2. The lowest BCUT2D eigenvalue weighted by Gasteiger charge is -2.34. The number of carboxylic acids is 1. The Balaban J connectivity index is 0.000000828. The fraction of sp³-hybridized carbons (Fsp3) is 0.500. The van der Waals surface area contributed by atoms with Crippen molar-refractivity contribution in [2.45, 2.75) is 52.3 Å². The van der Waals surface area contributed by atoms with Gasteiger partial charge >= 0.3 is 11.9 Å². The highest BCUT2D eigenvalue weighted by molar-refractivity contribution is 5.66. The Kier molecular flexibility index (Phi) is 9.24. The molecule has 1 aliphatic rings. The topological polar surface area (TPSA) is 134 Å². The molecule has 150 valence electrons. The van der Waals surface area contributed by atoms with Crippen molar-refractivity contribution in [2.75, 3.05) is 12.3 Å². The predicted octanol–water partition coefficient (Wildman–Crippen LogP) is 1.49. The first-order chi connectivity index (χ1) is 12.7. The Bertz CT molecular complexity index is 627. The van der Waals surface area contributed by atoms with E-state index in [1.54, 1.807) is 12.1 Å². The molecule has 1 unspecified atom stereocenters. The average molecular weight is 383 g/mol. The molecule has 0 bridgehead atoms. The molecular formula is C18H25NO8. The van der Waals surface area contributed by atoms with E-state index in [0.29, 0.717) is 18.7 Å². The molecule has 1 aromatic rings. The number of nitrogen functional groups attached to an aromatic ring is 1. The summed E-state index contributed by atoms with van der Waals surface area (Å²) in [6, 6.07) is 7.25. The van der Waals surface area contributed by atoms with E-state index in [4.69, 9.17) is 34.6 Å². The van der Waals surface area contributed by atoms with E-state index < -0.39 is 36.4 Å². The van der Waals surface area contributed by atoms with Crippen molar-refractivity contribution in [3.8, 4) is 0 Å². The molecule has 0 saturated carbocycles. The summed E-state index contributed by atoms with van der Waals surface area (Å²) in [5, 5.41) is 7.42. The molecule has 1 aliphatic heterocycles. The van der Waals surface area contributed by atoms with E-state index in [9.17, 15) is 9.59 Å². The highest BCUT2D eigenvalue weighted by Crippen LogP contribution is 2.22. The zero-order valence-corrected chi connectivity index (χ0v) is 15.5. The van der Waals surface area contributed by atoms with Crippen molar-refractivity contribution < 1.29 is 38.4 Å². The van der Waals surface area contributed by atoms with Crippen LogP contribution in [0.15, 0.2) is 24.3 Å². The molecule has 9 nitrogen and oxygen atoms in total. The quantitative estimate of drug-likeness (QED) is 0.572. The SMILES string of the molecule is CC(=O)O.CC(=O)OC1C[C@H](OC(C)=O)CO[C@@H]1OCc1ccc(N)cc1. The number of carbonyl (C=O) groups excluding carboxylic acids is 2. The Morgan fingerprint density at radius 1 is 1.11 bits per heavy atom. The molecule has 2 rings (SSSR count). The number of rotatable bonds is 5. The minimum absolute atomic E-state index is 0.198. The highest BCUT2D eigenvalue weighted by atomic mass is 16.7. The van der Waals surface area contributed by atoms with Crippen LogP contribution in [0.5, 0.6) is 0 Å². The fourth-order valence-corrected chi connectivity index (χ4v) is 2.33. The summed E-state index contributed by atoms with van der Waals surface area (Å²) in [7, 11) is 0. The van der Waals surface area contributed by atoms with Crippen LogP contribution >= 0.6 is 0 Å². The third kappa shape index (κ3) is 9.57. The minimum atomic E-state index is -0.833. The normalized spacial score (nSPS) is 21.4. The summed E-state index contributed by atoms with van der Waals surface area (Å²) in [6.45, 7) is 4.21. The number of esters is 2. The van der Waals surface area contributed by atoms with Gasteiger partial charge < -0.3 is 29.8 Å². The maximum Gasteiger partial charge on any atom is 0.303 e. The molecule has 1 saturated heterocycles. The molecular weight excluding hydrogens is 358 g/mol. The van der Waals surface area contributed by atoms with Gasteiger partial charge in [-0.05, 0) is 17.7 Å². The Morgan fingerprint density at radius 2 is 1.67 bits per heavy atom. The van der Waals surface area contributed by atoms with E-state index in [-0.39, 0.29) is 6.61 Å². The number of aliphatic carboxylic acids is 1. The van der Waals surface area contributed by atoms with Gasteiger partial charge in [0.1, 0.15) is 6.10 Å². The number of hydrogen-bond donors (Lipinski definition) is 2. The first-order valence-electron chi connectivity index (χ1n) is 8.29. The summed E-state index contributed by atoms with van der Waals surface area (Å²) in [6.07, 6.45) is -1.44. The van der Waals surface area contributed by atoms with Crippen LogP contribution in [-0.2, 0) is 39.9 Å². The van der Waals surface area contributed by atoms with E-state index in [1.807, 2.05) is 12.1 Å². The van der Waals surface area contributed by atoms with Gasteiger partial charge in [-0.1, -0.05) is 12.1 Å². The molecule has 0 spiro atoms. The second-order valence-electron chi connectivity index (χ2n) is 5.89. The zero-order chi connectivity index (χ0) is 20.4. The molecule has 3 N–H and O–H groups in total. The molecule has 0 radical (unpaired) electrons. The molecule has 27 heavy (non-hydrogen) atoms. The second-order valence-corrected chi connectivity index (χ2v) is 5.89. The van der Waals surface area contributed by atoms with Gasteiger partial charge in [-0.2, -0.15) is 0 Å². The van der Waals surface area contributed by atoms with E-state index in [1.165, 1.54) is 13.8 Å². The van der Waals surface area contributed by atoms with Gasteiger partial charge in [-0.3, -0.25) is 14.4 Å². The lowest BCUT2D eigenvalue weighted by atomic mass is 10.1. The largest absolute Gasteiger partial charge is 0.481 e. The van der Waals surface area contributed by atoms with Crippen molar-refractivity contribution in [1.29, 1.82) is 0 Å². The number of benzene rings is 1. The average Bonchev–Trinajstić information content (AvgIpc) is 2.54. The lowest BCUT2D eigenvalue weighted by molar-refractivity contribution is -0.250. The second kappa shape index (κ2) is 11.1. The van der Waals surface area contributed by atoms with E-state index >= 15 is 0 Å². The molecule has 9 heteroatoms. The first kappa shape index (κ1) is 22.4. The standard InChI is InChI=1S/C16H21NO6.C2H4O2/c1-10(18)22-14-7-15(23-11(2)19)16(21-9-14)20-8-12-3-5-13(17)6-4-12;1-2(3)4/h3-6,14-16H,7-9,17H2,1-2H3;1H3,(H,3,4)/t14-,15?,16-;/m0./s1. The smallest absolute Gasteiger partial charge is 0.303 e. The van der Waals surface area contributed by atoms with Crippen molar-refractivity contribution >= 4 is 23.6 Å². The molecule has 0 aromatic heterocycles. The molecule has 1 aromatic carbocycles. The van der Waals surface area contributed by atoms with Gasteiger partial charge in [0.25, 0.3) is 5.97 Å². The number of nitrogens with two attached hydrogens (primary N) is 1. The highest BCUT2D eigenvalue weighted by Gasteiger charge is 2.36. The summed E-state index contributed by atoms with van der Waals surface area (Å²) in [4.78, 5) is 31.3. The molecule has 0 amide bonds. The molecule has 1 fully saturated rings. The third-order valence-corrected chi connectivity index (χ3v) is 3.29. The minimum Gasteiger partial charge on any atom is -0.481 e. The summed E-state index contributed by atoms with van der Waals surface area (Å²) < 4.78 is 21.6. The van der Waals surface area contributed by atoms with Crippen LogP contribution in [0.1, 0.15) is 32.8 Å². The molecule has 3 atom stereocenters. The van der Waals surface area contributed by atoms with Crippen LogP contribution in [0.25, 0.3) is 0 Å². The Hall–Kier alpha value is -2.65. The van der Waals surface area contributed by atoms with Gasteiger partial charge in [0, 0.05) is 32.9 Å². The van der Waals surface area contributed by atoms with Gasteiger partial charge in [-0.15, -0.1) is 0 Å². The first-order valence-corrected chi connectivity index (χ1v) is 8.29. The molecule has 0 aliphatic carbocycles. The van der Waals surface area contributed by atoms with Crippen LogP contribution in [0.4, 0.5) is 5.69 Å². The fourth-order valence-electron chi connectivity index (χ4n) is 2.33. The van der Waals surface area contributed by atoms with Crippen molar-refractivity contribution in [3.05, 3.63) is 29.8 Å². The third-order valence-electron chi connectivity index (χ3n) is 3.29. The monoisotopic (exact) mass is 383 g/mol. The Labute approximate surface area is 157 Å². The van der Waals surface area contributed by atoms with Crippen LogP contribution in [0.3, 0.4) is 0 Å². The molecule has 1 heterocycles. The number of ether oxygens (including phenoxy) is 4. The van der Waals surface area contributed by atoms with Crippen LogP contribution in [0, 0.1) is 0 Å². The number of hydrogen-bond acceptors (Lipinski definition) is 8. The van der Waals surface area contributed by atoms with Gasteiger partial charge in [-0.25, -0.2) is 0 Å². The number of carbonyl (C=O) groups is 3. The van der Waals surface area contributed by atoms with E-state index in [0.717, 1.165) is 12.5 Å². The van der Waals surface area contributed by atoms with Crippen molar-refractivity contribution in [1.82, 2.24) is 0 Å². The summed E-state index contributed by atoms with van der Waals surface area (Å²) in [5.41, 5.74) is 7.23. The predicted molar refractivity (Wildman–Crippen MR) is 94.4 cm³/mol. The van der Waals surface area contributed by atoms with Gasteiger partial charge in [0.2, 0.25) is 0 Å². The number of anilines is 1. The van der Waals surface area contributed by atoms with Crippen LogP contribution < -0.4 is 5.73 Å². The van der Waals surface area contributed by atoms with E-state index in [2.05, 4.69) is 0 Å². The lowest BCUT2D eigenvalue weighted by Crippen LogP contribution is -2.46. The van der Waals surface area contributed by atoms with Crippen molar-refractivity contribution in [2.24, 2.45) is 0 Å². The van der Waals surface area contributed by atoms with Crippen molar-refractivity contribution in [3.63, 3.8) is 0 Å². The van der Waals surface area contributed by atoms with Gasteiger partial charge in [0.15, 0.2) is 12.4 Å². The summed E-state index contributed by atoms with van der Waals surface area (Å²) >= 11 is 0. The van der Waals surface area contributed by atoms with Crippen LogP contribution in [0.2, 0.25) is 0 Å².